The molecule has 0 aliphatic heterocycles. The lowest BCUT2D eigenvalue weighted by atomic mass is 10.2. The molecule has 0 atom stereocenters. The molecule has 4 heteroatoms. The van der Waals surface area contributed by atoms with E-state index in [4.69, 9.17) is 4.42 Å². The Balaban J connectivity index is 1.57. The van der Waals surface area contributed by atoms with Gasteiger partial charge in [-0.05, 0) is 6.07 Å². The van der Waals surface area contributed by atoms with Crippen LogP contribution in [0.15, 0.2) is 46.5 Å². The highest BCUT2D eigenvalue weighted by Crippen LogP contribution is 2.20. The molecule has 92 valence electrons. The van der Waals surface area contributed by atoms with Crippen molar-refractivity contribution in [1.29, 1.82) is 0 Å². The summed E-state index contributed by atoms with van der Waals surface area (Å²) in [5, 5.41) is 7.81. The Bertz CT molecular complexity index is 616. The Morgan fingerprint density at radius 3 is 3.11 bits per heavy atom. The van der Waals surface area contributed by atoms with Gasteiger partial charge in [-0.1, -0.05) is 18.2 Å². The number of rotatable bonds is 5. The molecule has 0 saturated carbocycles. The normalized spacial score (nSPS) is 11.1. The van der Waals surface area contributed by atoms with Crippen LogP contribution in [0.3, 0.4) is 0 Å². The van der Waals surface area contributed by atoms with Gasteiger partial charge in [-0.25, -0.2) is 4.98 Å². The van der Waals surface area contributed by atoms with E-state index < -0.39 is 0 Å². The predicted octanol–water partition coefficient (Wildman–Crippen LogP) is 3.22. The van der Waals surface area contributed by atoms with Crippen LogP contribution in [0.1, 0.15) is 10.6 Å². The Kier molecular flexibility index (Phi) is 3.39. The van der Waals surface area contributed by atoms with E-state index in [0.29, 0.717) is 0 Å². The number of aromatic nitrogens is 1. The van der Waals surface area contributed by atoms with E-state index in [1.165, 1.54) is 16.0 Å². The summed E-state index contributed by atoms with van der Waals surface area (Å²) in [6.45, 7) is 1.77. The molecule has 0 unspecified atom stereocenters. The van der Waals surface area contributed by atoms with Crippen molar-refractivity contribution in [2.45, 2.75) is 13.0 Å². The molecule has 0 spiro atoms. The Morgan fingerprint density at radius 2 is 2.22 bits per heavy atom. The van der Waals surface area contributed by atoms with E-state index in [0.717, 1.165) is 25.1 Å². The summed E-state index contributed by atoms with van der Waals surface area (Å²) < 4.78 is 5.50. The van der Waals surface area contributed by atoms with Crippen LogP contribution in [0.4, 0.5) is 0 Å². The van der Waals surface area contributed by atoms with Crippen molar-refractivity contribution < 1.29 is 4.42 Å². The van der Waals surface area contributed by atoms with Crippen LogP contribution in [0, 0.1) is 0 Å². The molecule has 0 aliphatic rings. The van der Waals surface area contributed by atoms with Gasteiger partial charge in [-0.3, -0.25) is 0 Å². The molecule has 2 aromatic heterocycles. The summed E-state index contributed by atoms with van der Waals surface area (Å²) in [6.07, 6.45) is 4.66. The molecule has 2 heterocycles. The van der Waals surface area contributed by atoms with Gasteiger partial charge in [0.1, 0.15) is 5.58 Å². The minimum atomic E-state index is 0.836. The van der Waals surface area contributed by atoms with Crippen LogP contribution in [0.2, 0.25) is 0 Å². The van der Waals surface area contributed by atoms with Crippen LogP contribution in [-0.4, -0.2) is 11.5 Å². The van der Waals surface area contributed by atoms with E-state index in [-0.39, 0.29) is 0 Å². The van der Waals surface area contributed by atoms with Gasteiger partial charge < -0.3 is 9.73 Å². The van der Waals surface area contributed by atoms with Crippen molar-refractivity contribution in [3.05, 3.63) is 52.7 Å². The molecule has 3 rings (SSSR count). The van der Waals surface area contributed by atoms with Gasteiger partial charge in [0.2, 0.25) is 0 Å². The zero-order chi connectivity index (χ0) is 12.2. The summed E-state index contributed by atoms with van der Waals surface area (Å²) in [5.74, 6) is 0. The highest BCUT2D eigenvalue weighted by atomic mass is 32.1. The molecule has 1 N–H and O–H groups in total. The van der Waals surface area contributed by atoms with E-state index in [9.17, 15) is 0 Å². The van der Waals surface area contributed by atoms with Crippen LogP contribution >= 0.6 is 11.3 Å². The van der Waals surface area contributed by atoms with Crippen molar-refractivity contribution in [1.82, 2.24) is 10.3 Å². The number of hydrogen-bond acceptors (Lipinski definition) is 4. The number of benzene rings is 1. The summed E-state index contributed by atoms with van der Waals surface area (Å²) in [7, 11) is 0. The minimum absolute atomic E-state index is 0.836. The number of nitrogens with one attached hydrogen (secondary N) is 1. The topological polar surface area (TPSA) is 38.1 Å². The molecule has 18 heavy (non-hydrogen) atoms. The first-order chi connectivity index (χ1) is 8.93. The summed E-state index contributed by atoms with van der Waals surface area (Å²) in [5.41, 5.74) is 2.17. The van der Waals surface area contributed by atoms with Gasteiger partial charge in [0.05, 0.1) is 11.3 Å². The molecule has 1 aromatic carbocycles. The fraction of sp³-hybridized carbons (Fsp3) is 0.214. The van der Waals surface area contributed by atoms with E-state index >= 15 is 0 Å². The predicted molar refractivity (Wildman–Crippen MR) is 73.7 cm³/mol. The molecule has 0 saturated heterocycles. The summed E-state index contributed by atoms with van der Waals surface area (Å²) in [4.78, 5) is 4.26. The fourth-order valence-electron chi connectivity index (χ4n) is 1.96. The standard InChI is InChI=1S/C14H14N2OS/c1-2-4-13-12(3-1)11(10-17-13)9-15-6-5-14-16-7-8-18-14/h1-4,7-8,10,15H,5-6,9H2. The second-order valence-electron chi connectivity index (χ2n) is 4.11. The molecule has 3 aromatic rings. The number of furan rings is 1. The number of para-hydroxylation sites is 1. The quantitative estimate of drug-likeness (QED) is 0.714. The molecule has 0 radical (unpaired) electrons. The monoisotopic (exact) mass is 258 g/mol. The average Bonchev–Trinajstić information content (AvgIpc) is 3.04. The molecule has 0 bridgehead atoms. The van der Waals surface area contributed by atoms with E-state index in [1.54, 1.807) is 11.3 Å². The van der Waals surface area contributed by atoms with Crippen LogP contribution in [0.25, 0.3) is 11.0 Å². The molecule has 0 aliphatic carbocycles. The van der Waals surface area contributed by atoms with Crippen LogP contribution in [-0.2, 0) is 13.0 Å². The second-order valence-corrected chi connectivity index (χ2v) is 5.09. The van der Waals surface area contributed by atoms with Gasteiger partial charge in [0.25, 0.3) is 0 Å². The maximum atomic E-state index is 5.50. The third-order valence-electron chi connectivity index (χ3n) is 2.88. The molecule has 0 amide bonds. The van der Waals surface area contributed by atoms with Gasteiger partial charge >= 0.3 is 0 Å². The zero-order valence-corrected chi connectivity index (χ0v) is 10.7. The van der Waals surface area contributed by atoms with Crippen molar-refractivity contribution >= 4 is 22.3 Å². The fourth-order valence-corrected chi connectivity index (χ4v) is 2.58. The first-order valence-electron chi connectivity index (χ1n) is 5.98. The number of fused-ring (bicyclic) bond motifs is 1. The maximum Gasteiger partial charge on any atom is 0.134 e. The highest BCUT2D eigenvalue weighted by molar-refractivity contribution is 7.09. The largest absolute Gasteiger partial charge is 0.464 e. The van der Waals surface area contributed by atoms with Gasteiger partial charge in [-0.15, -0.1) is 11.3 Å². The molecular weight excluding hydrogens is 244 g/mol. The summed E-state index contributed by atoms with van der Waals surface area (Å²) >= 11 is 1.70. The van der Waals surface area contributed by atoms with Crippen molar-refractivity contribution in [2.75, 3.05) is 6.54 Å². The van der Waals surface area contributed by atoms with Gasteiger partial charge in [0.15, 0.2) is 0 Å². The van der Waals surface area contributed by atoms with E-state index in [1.807, 2.05) is 36.0 Å². The van der Waals surface area contributed by atoms with Gasteiger partial charge in [-0.2, -0.15) is 0 Å². The minimum Gasteiger partial charge on any atom is -0.464 e. The lowest BCUT2D eigenvalue weighted by molar-refractivity contribution is 0.602. The lowest BCUT2D eigenvalue weighted by Gasteiger charge is -2.01. The lowest BCUT2D eigenvalue weighted by Crippen LogP contribution is -2.16. The van der Waals surface area contributed by atoms with Crippen molar-refractivity contribution in [3.63, 3.8) is 0 Å². The third-order valence-corrected chi connectivity index (χ3v) is 3.72. The van der Waals surface area contributed by atoms with Crippen LogP contribution < -0.4 is 5.32 Å². The third kappa shape index (κ3) is 2.44. The Hall–Kier alpha value is -1.65. The Labute approximate surface area is 109 Å². The van der Waals surface area contributed by atoms with Crippen LogP contribution in [0.5, 0.6) is 0 Å². The average molecular weight is 258 g/mol. The zero-order valence-electron chi connectivity index (χ0n) is 9.93. The number of nitrogens with zero attached hydrogens (tertiary/aromatic N) is 1. The van der Waals surface area contributed by atoms with Gasteiger partial charge in [0, 0.05) is 42.0 Å². The number of hydrogen-bond donors (Lipinski definition) is 1. The first-order valence-corrected chi connectivity index (χ1v) is 6.85. The second kappa shape index (κ2) is 5.33. The van der Waals surface area contributed by atoms with Crippen molar-refractivity contribution in [3.8, 4) is 0 Å². The smallest absolute Gasteiger partial charge is 0.134 e. The maximum absolute atomic E-state index is 5.50. The molecule has 3 nitrogen and oxygen atoms in total. The Morgan fingerprint density at radius 1 is 1.28 bits per heavy atom. The SMILES string of the molecule is c1ccc2c(CNCCc3nccs3)coc2c1. The molecule has 0 fully saturated rings. The summed E-state index contributed by atoms with van der Waals surface area (Å²) in [6, 6.07) is 8.12. The highest BCUT2D eigenvalue weighted by Gasteiger charge is 2.04. The first kappa shape index (κ1) is 11.4. The number of thiazole rings is 1. The van der Waals surface area contributed by atoms with E-state index in [2.05, 4.69) is 16.4 Å². The molecular formula is C14H14N2OS. The van der Waals surface area contributed by atoms with Crippen molar-refractivity contribution in [2.24, 2.45) is 0 Å².